The lowest BCUT2D eigenvalue weighted by atomic mass is 9.82. The van der Waals surface area contributed by atoms with Gasteiger partial charge in [-0.25, -0.2) is 4.79 Å². The predicted octanol–water partition coefficient (Wildman–Crippen LogP) is 5.57. The van der Waals surface area contributed by atoms with Crippen LogP contribution in [0.2, 0.25) is 0 Å². The van der Waals surface area contributed by atoms with Crippen molar-refractivity contribution >= 4 is 5.97 Å². The molecule has 0 amide bonds. The fraction of sp³-hybridized carbons (Fsp3) is 0.808. The van der Waals surface area contributed by atoms with Crippen molar-refractivity contribution in [3.05, 3.63) is 23.8 Å². The molecule has 5 heteroatoms. The fourth-order valence-electron chi connectivity index (χ4n) is 6.27. The monoisotopic (exact) mass is 430 g/mol. The summed E-state index contributed by atoms with van der Waals surface area (Å²) in [6.07, 6.45) is 13.0. The van der Waals surface area contributed by atoms with Crippen molar-refractivity contribution in [1.29, 1.82) is 0 Å². The summed E-state index contributed by atoms with van der Waals surface area (Å²) in [4.78, 5) is 25.7. The first kappa shape index (κ1) is 23.0. The van der Waals surface area contributed by atoms with Crippen LogP contribution in [0.25, 0.3) is 0 Å². The molecule has 0 aromatic heterocycles. The van der Waals surface area contributed by atoms with Gasteiger partial charge in [-0.1, -0.05) is 18.2 Å². The number of carbonyl (C=O) groups is 1. The molecule has 5 nitrogen and oxygen atoms in total. The molecule has 174 valence electrons. The summed E-state index contributed by atoms with van der Waals surface area (Å²) in [5.41, 5.74) is 0.384. The highest BCUT2D eigenvalue weighted by molar-refractivity contribution is 5.92. The standard InChI is InChI=1S/C26H42N2O3/c1-23(2)13-9-14-24(3,4)27(23)30-21-19-12-11-18(17-20(19)21)22(29)31-28-25(5,6)15-10-16-26(28,7)8/h11-12,17,19-21H,9-10,13-16H2,1-8H3. The summed E-state index contributed by atoms with van der Waals surface area (Å²) in [5, 5.41) is 4.18. The van der Waals surface area contributed by atoms with Gasteiger partial charge in [0.2, 0.25) is 0 Å². The second-order valence-electron chi connectivity index (χ2n) is 12.6. The van der Waals surface area contributed by atoms with Gasteiger partial charge >= 0.3 is 5.97 Å². The van der Waals surface area contributed by atoms with E-state index in [1.165, 1.54) is 6.42 Å². The van der Waals surface area contributed by atoms with Crippen LogP contribution in [-0.4, -0.2) is 44.4 Å². The molecule has 4 aliphatic rings. The summed E-state index contributed by atoms with van der Waals surface area (Å²) in [6, 6.07) is 0. The van der Waals surface area contributed by atoms with Crippen LogP contribution < -0.4 is 0 Å². The van der Waals surface area contributed by atoms with Gasteiger partial charge in [0, 0.05) is 22.9 Å². The van der Waals surface area contributed by atoms with Crippen molar-refractivity contribution in [1.82, 2.24) is 10.1 Å². The Morgan fingerprint density at radius 3 is 1.81 bits per heavy atom. The van der Waals surface area contributed by atoms with Crippen molar-refractivity contribution in [3.63, 3.8) is 0 Å². The van der Waals surface area contributed by atoms with Gasteiger partial charge < -0.3 is 4.84 Å². The minimum Gasteiger partial charge on any atom is -0.363 e. The Hall–Kier alpha value is -1.17. The summed E-state index contributed by atoms with van der Waals surface area (Å²) in [7, 11) is 0. The molecule has 0 radical (unpaired) electrons. The molecule has 31 heavy (non-hydrogen) atoms. The van der Waals surface area contributed by atoms with E-state index < -0.39 is 0 Å². The van der Waals surface area contributed by atoms with E-state index in [1.54, 1.807) is 0 Å². The number of hydrogen-bond donors (Lipinski definition) is 0. The number of nitrogens with zero attached hydrogens (tertiary/aromatic N) is 2. The van der Waals surface area contributed by atoms with Gasteiger partial charge in [0.15, 0.2) is 0 Å². The highest BCUT2D eigenvalue weighted by atomic mass is 16.7. The van der Waals surface area contributed by atoms with Crippen LogP contribution >= 0.6 is 0 Å². The van der Waals surface area contributed by atoms with Gasteiger partial charge in [-0.15, -0.1) is 5.06 Å². The van der Waals surface area contributed by atoms with Crippen molar-refractivity contribution in [2.75, 3.05) is 0 Å². The lowest BCUT2D eigenvalue weighted by Crippen LogP contribution is -2.58. The van der Waals surface area contributed by atoms with E-state index in [0.717, 1.165) is 32.1 Å². The Labute approximate surface area is 188 Å². The summed E-state index contributed by atoms with van der Waals surface area (Å²) in [6.45, 7) is 17.7. The molecule has 2 saturated heterocycles. The molecule has 2 aliphatic carbocycles. The van der Waals surface area contributed by atoms with Crippen molar-refractivity contribution in [2.45, 2.75) is 122 Å². The Morgan fingerprint density at radius 2 is 1.29 bits per heavy atom. The zero-order valence-corrected chi connectivity index (χ0v) is 20.8. The number of piperidine rings is 2. The molecule has 4 rings (SSSR count). The first-order valence-electron chi connectivity index (χ1n) is 12.1. The lowest BCUT2D eigenvalue weighted by molar-refractivity contribution is -0.290. The van der Waals surface area contributed by atoms with Crippen LogP contribution in [0, 0.1) is 11.8 Å². The first-order chi connectivity index (χ1) is 14.2. The van der Waals surface area contributed by atoms with Crippen LogP contribution in [0.5, 0.6) is 0 Å². The highest BCUT2D eigenvalue weighted by Gasteiger charge is 2.55. The quantitative estimate of drug-likeness (QED) is 0.583. The Balaban J connectivity index is 1.44. The Morgan fingerprint density at radius 1 is 0.806 bits per heavy atom. The van der Waals surface area contributed by atoms with Gasteiger partial charge in [-0.05, 0) is 93.9 Å². The summed E-state index contributed by atoms with van der Waals surface area (Å²) < 4.78 is 0. The minimum absolute atomic E-state index is 0.0219. The van der Waals surface area contributed by atoms with Crippen LogP contribution in [0.15, 0.2) is 23.8 Å². The summed E-state index contributed by atoms with van der Waals surface area (Å²) in [5.74, 6) is 0.360. The first-order valence-corrected chi connectivity index (χ1v) is 12.1. The average Bonchev–Trinajstić information content (AvgIpc) is 3.32. The topological polar surface area (TPSA) is 42.0 Å². The molecule has 0 aromatic rings. The zero-order chi connectivity index (χ0) is 22.8. The van der Waals surface area contributed by atoms with Crippen LogP contribution in [-0.2, 0) is 14.5 Å². The van der Waals surface area contributed by atoms with Crippen LogP contribution in [0.4, 0.5) is 0 Å². The molecule has 0 N–H and O–H groups in total. The second kappa shape index (κ2) is 7.43. The smallest absolute Gasteiger partial charge is 0.356 e. The van der Waals surface area contributed by atoms with Crippen molar-refractivity contribution < 1.29 is 14.5 Å². The normalized spacial score (nSPS) is 35.7. The van der Waals surface area contributed by atoms with E-state index in [4.69, 9.17) is 9.68 Å². The number of carbonyl (C=O) groups excluding carboxylic acids is 1. The molecule has 3 fully saturated rings. The van der Waals surface area contributed by atoms with Gasteiger partial charge in [0.05, 0.1) is 22.8 Å². The van der Waals surface area contributed by atoms with Crippen molar-refractivity contribution in [3.8, 4) is 0 Å². The fourth-order valence-corrected chi connectivity index (χ4v) is 6.27. The van der Waals surface area contributed by atoms with Gasteiger partial charge in [-0.2, -0.15) is 5.06 Å². The molecule has 2 heterocycles. The molecule has 1 saturated carbocycles. The summed E-state index contributed by atoms with van der Waals surface area (Å²) >= 11 is 0. The third-order valence-electron chi connectivity index (χ3n) is 7.92. The van der Waals surface area contributed by atoms with Crippen LogP contribution in [0.1, 0.15) is 93.9 Å². The molecule has 3 unspecified atom stereocenters. The lowest BCUT2D eigenvalue weighted by Gasteiger charge is -2.51. The third kappa shape index (κ3) is 4.26. The Kier molecular flexibility index (Phi) is 5.51. The number of hydrogen-bond acceptors (Lipinski definition) is 5. The molecule has 0 aromatic carbocycles. The number of hydroxylamine groups is 4. The molecule has 0 spiro atoms. The molecule has 3 atom stereocenters. The second-order valence-corrected chi connectivity index (χ2v) is 12.6. The molecule has 2 aliphatic heterocycles. The van der Waals surface area contributed by atoms with E-state index in [1.807, 2.05) is 11.1 Å². The molecular formula is C26H42N2O3. The molecule has 0 bridgehead atoms. The maximum Gasteiger partial charge on any atom is 0.356 e. The maximum absolute atomic E-state index is 13.1. The minimum atomic E-state index is -0.248. The Bertz CT molecular complexity index is 760. The average molecular weight is 431 g/mol. The SMILES string of the molecule is CC1(C)CCCC(C)(C)N1OC(=O)C1=CC2C(C=C1)C2ON1C(C)(C)CCCC1(C)C. The third-order valence-corrected chi connectivity index (χ3v) is 7.92. The van der Waals surface area contributed by atoms with E-state index >= 15 is 0 Å². The van der Waals surface area contributed by atoms with E-state index in [-0.39, 0.29) is 40.1 Å². The van der Waals surface area contributed by atoms with Gasteiger partial charge in [0.25, 0.3) is 0 Å². The number of rotatable bonds is 4. The number of fused-ring (bicyclic) bond motifs is 1. The predicted molar refractivity (Wildman–Crippen MR) is 123 cm³/mol. The van der Waals surface area contributed by atoms with Crippen LogP contribution in [0.3, 0.4) is 0 Å². The highest BCUT2D eigenvalue weighted by Crippen LogP contribution is 2.51. The maximum atomic E-state index is 13.1. The van der Waals surface area contributed by atoms with Gasteiger partial charge in [0.1, 0.15) is 0 Å². The largest absolute Gasteiger partial charge is 0.363 e. The van der Waals surface area contributed by atoms with E-state index in [2.05, 4.69) is 72.6 Å². The molecular weight excluding hydrogens is 388 g/mol. The van der Waals surface area contributed by atoms with E-state index in [9.17, 15) is 4.79 Å². The zero-order valence-electron chi connectivity index (χ0n) is 20.8. The van der Waals surface area contributed by atoms with Gasteiger partial charge in [-0.3, -0.25) is 4.84 Å². The van der Waals surface area contributed by atoms with Crippen molar-refractivity contribution in [2.24, 2.45) is 11.8 Å². The van der Waals surface area contributed by atoms with E-state index in [0.29, 0.717) is 11.5 Å².